The van der Waals surface area contributed by atoms with Gasteiger partial charge in [-0.05, 0) is 24.0 Å². The van der Waals surface area contributed by atoms with Crippen molar-refractivity contribution < 1.29 is 4.74 Å². The van der Waals surface area contributed by atoms with Gasteiger partial charge in [0.15, 0.2) is 0 Å². The SMILES string of the molecule is CCc1cc(OC)cnc1C(C)C. The van der Waals surface area contributed by atoms with E-state index in [1.165, 1.54) is 11.3 Å². The number of hydrogen-bond donors (Lipinski definition) is 0. The predicted molar refractivity (Wildman–Crippen MR) is 54.3 cm³/mol. The van der Waals surface area contributed by atoms with E-state index >= 15 is 0 Å². The lowest BCUT2D eigenvalue weighted by atomic mass is 10.0. The number of pyridine rings is 1. The normalized spacial score (nSPS) is 10.5. The van der Waals surface area contributed by atoms with E-state index in [2.05, 4.69) is 31.8 Å². The summed E-state index contributed by atoms with van der Waals surface area (Å²) >= 11 is 0. The molecule has 0 aliphatic rings. The number of aromatic nitrogens is 1. The van der Waals surface area contributed by atoms with E-state index < -0.39 is 0 Å². The molecule has 0 N–H and O–H groups in total. The molecule has 1 aromatic heterocycles. The van der Waals surface area contributed by atoms with Crippen LogP contribution in [0.1, 0.15) is 37.9 Å². The van der Waals surface area contributed by atoms with E-state index in [0.29, 0.717) is 5.92 Å². The zero-order valence-electron chi connectivity index (χ0n) is 8.79. The number of hydrogen-bond acceptors (Lipinski definition) is 2. The van der Waals surface area contributed by atoms with Gasteiger partial charge in [0, 0.05) is 5.69 Å². The van der Waals surface area contributed by atoms with Crippen LogP contribution < -0.4 is 4.74 Å². The van der Waals surface area contributed by atoms with Crippen molar-refractivity contribution >= 4 is 0 Å². The molecule has 1 rings (SSSR count). The quantitative estimate of drug-likeness (QED) is 0.711. The maximum absolute atomic E-state index is 5.13. The van der Waals surface area contributed by atoms with Gasteiger partial charge in [-0.15, -0.1) is 0 Å². The van der Waals surface area contributed by atoms with Crippen molar-refractivity contribution in [2.24, 2.45) is 0 Å². The van der Waals surface area contributed by atoms with Crippen LogP contribution in [0, 0.1) is 0 Å². The number of methoxy groups -OCH3 is 1. The van der Waals surface area contributed by atoms with Crippen molar-refractivity contribution in [3.63, 3.8) is 0 Å². The van der Waals surface area contributed by atoms with Gasteiger partial charge in [0.1, 0.15) is 5.75 Å². The molecule has 72 valence electrons. The first kappa shape index (κ1) is 10.0. The average Bonchev–Trinajstić information content (AvgIpc) is 2.16. The monoisotopic (exact) mass is 179 g/mol. The number of rotatable bonds is 3. The van der Waals surface area contributed by atoms with E-state index in [1.54, 1.807) is 13.3 Å². The van der Waals surface area contributed by atoms with Crippen LogP contribution in [0.4, 0.5) is 0 Å². The lowest BCUT2D eigenvalue weighted by molar-refractivity contribution is 0.411. The minimum Gasteiger partial charge on any atom is -0.495 e. The summed E-state index contributed by atoms with van der Waals surface area (Å²) in [4.78, 5) is 4.39. The van der Waals surface area contributed by atoms with Gasteiger partial charge in [-0.25, -0.2) is 0 Å². The molecule has 0 fully saturated rings. The van der Waals surface area contributed by atoms with Crippen molar-refractivity contribution in [2.75, 3.05) is 7.11 Å². The van der Waals surface area contributed by atoms with Gasteiger partial charge in [-0.3, -0.25) is 4.98 Å². The van der Waals surface area contributed by atoms with Crippen LogP contribution in [0.5, 0.6) is 5.75 Å². The fourth-order valence-corrected chi connectivity index (χ4v) is 1.41. The standard InChI is InChI=1S/C11H17NO/c1-5-9-6-10(13-4)7-12-11(9)8(2)3/h6-8H,5H2,1-4H3. The fraction of sp³-hybridized carbons (Fsp3) is 0.545. The summed E-state index contributed by atoms with van der Waals surface area (Å²) in [5.74, 6) is 1.34. The van der Waals surface area contributed by atoms with Gasteiger partial charge in [-0.2, -0.15) is 0 Å². The highest BCUT2D eigenvalue weighted by molar-refractivity contribution is 5.30. The second-order valence-corrected chi connectivity index (χ2v) is 3.43. The van der Waals surface area contributed by atoms with E-state index in [9.17, 15) is 0 Å². The van der Waals surface area contributed by atoms with Gasteiger partial charge in [-0.1, -0.05) is 20.8 Å². The fourth-order valence-electron chi connectivity index (χ4n) is 1.41. The maximum atomic E-state index is 5.13. The van der Waals surface area contributed by atoms with Crippen LogP contribution in [0.15, 0.2) is 12.3 Å². The Balaban J connectivity index is 3.08. The van der Waals surface area contributed by atoms with Crippen molar-refractivity contribution in [1.29, 1.82) is 0 Å². The van der Waals surface area contributed by atoms with Crippen LogP contribution in [0.3, 0.4) is 0 Å². The zero-order valence-corrected chi connectivity index (χ0v) is 8.79. The van der Waals surface area contributed by atoms with Gasteiger partial charge in [0.25, 0.3) is 0 Å². The minimum atomic E-state index is 0.487. The lowest BCUT2D eigenvalue weighted by Gasteiger charge is -2.11. The molecule has 13 heavy (non-hydrogen) atoms. The first-order valence-electron chi connectivity index (χ1n) is 4.71. The molecule has 2 nitrogen and oxygen atoms in total. The summed E-state index contributed by atoms with van der Waals surface area (Å²) in [6, 6.07) is 2.07. The predicted octanol–water partition coefficient (Wildman–Crippen LogP) is 2.78. The molecule has 0 saturated heterocycles. The molecule has 0 atom stereocenters. The first-order chi connectivity index (χ1) is 6.19. The van der Waals surface area contributed by atoms with Crippen LogP contribution >= 0.6 is 0 Å². The maximum Gasteiger partial charge on any atom is 0.137 e. The zero-order chi connectivity index (χ0) is 9.84. The van der Waals surface area contributed by atoms with E-state index in [4.69, 9.17) is 4.74 Å². The Morgan fingerprint density at radius 3 is 2.62 bits per heavy atom. The Kier molecular flexibility index (Phi) is 3.29. The number of nitrogens with zero attached hydrogens (tertiary/aromatic N) is 1. The van der Waals surface area contributed by atoms with Gasteiger partial charge in [0.05, 0.1) is 13.3 Å². The molecule has 0 bridgehead atoms. The molecule has 0 spiro atoms. The van der Waals surface area contributed by atoms with Gasteiger partial charge < -0.3 is 4.74 Å². The van der Waals surface area contributed by atoms with Crippen molar-refractivity contribution in [1.82, 2.24) is 4.98 Å². The van der Waals surface area contributed by atoms with Crippen molar-refractivity contribution in [3.05, 3.63) is 23.5 Å². The third kappa shape index (κ3) is 2.20. The summed E-state index contributed by atoms with van der Waals surface area (Å²) < 4.78 is 5.13. The Hall–Kier alpha value is -1.05. The van der Waals surface area contributed by atoms with Crippen LogP contribution in [-0.4, -0.2) is 12.1 Å². The largest absolute Gasteiger partial charge is 0.495 e. The van der Waals surface area contributed by atoms with Gasteiger partial charge >= 0.3 is 0 Å². The molecule has 2 heteroatoms. The van der Waals surface area contributed by atoms with Crippen molar-refractivity contribution in [3.8, 4) is 5.75 Å². The second kappa shape index (κ2) is 4.26. The lowest BCUT2D eigenvalue weighted by Crippen LogP contribution is -1.99. The average molecular weight is 179 g/mol. The minimum absolute atomic E-state index is 0.487. The van der Waals surface area contributed by atoms with Crippen LogP contribution in [0.2, 0.25) is 0 Å². The molecule has 0 aromatic carbocycles. The van der Waals surface area contributed by atoms with E-state index in [0.717, 1.165) is 12.2 Å². The highest BCUT2D eigenvalue weighted by Crippen LogP contribution is 2.21. The molecule has 0 aliphatic carbocycles. The van der Waals surface area contributed by atoms with Gasteiger partial charge in [0.2, 0.25) is 0 Å². The highest BCUT2D eigenvalue weighted by atomic mass is 16.5. The van der Waals surface area contributed by atoms with Crippen LogP contribution in [-0.2, 0) is 6.42 Å². The molecule has 0 unspecified atom stereocenters. The summed E-state index contributed by atoms with van der Waals surface area (Å²) in [6.07, 6.45) is 2.80. The Morgan fingerprint density at radius 2 is 2.15 bits per heavy atom. The number of ether oxygens (including phenoxy) is 1. The molecule has 0 saturated carbocycles. The Morgan fingerprint density at radius 1 is 1.46 bits per heavy atom. The Labute approximate surface area is 80.0 Å². The molecular weight excluding hydrogens is 162 g/mol. The van der Waals surface area contributed by atoms with E-state index in [-0.39, 0.29) is 0 Å². The summed E-state index contributed by atoms with van der Waals surface area (Å²) in [5, 5.41) is 0. The van der Waals surface area contributed by atoms with Crippen molar-refractivity contribution in [2.45, 2.75) is 33.1 Å². The molecule has 0 aliphatic heterocycles. The molecular formula is C11H17NO. The molecule has 1 heterocycles. The Bertz CT molecular complexity index is 281. The second-order valence-electron chi connectivity index (χ2n) is 3.43. The summed E-state index contributed by atoms with van der Waals surface area (Å²) in [6.45, 7) is 6.46. The third-order valence-electron chi connectivity index (χ3n) is 2.14. The summed E-state index contributed by atoms with van der Waals surface area (Å²) in [7, 11) is 1.67. The number of aryl methyl sites for hydroxylation is 1. The highest BCUT2D eigenvalue weighted by Gasteiger charge is 2.07. The molecule has 0 radical (unpaired) electrons. The topological polar surface area (TPSA) is 22.1 Å². The molecule has 1 aromatic rings. The molecule has 0 amide bonds. The van der Waals surface area contributed by atoms with E-state index in [1.807, 2.05) is 0 Å². The smallest absolute Gasteiger partial charge is 0.137 e. The first-order valence-corrected chi connectivity index (χ1v) is 4.71. The third-order valence-corrected chi connectivity index (χ3v) is 2.14. The summed E-state index contributed by atoms with van der Waals surface area (Å²) in [5.41, 5.74) is 2.47. The van der Waals surface area contributed by atoms with Crippen LogP contribution in [0.25, 0.3) is 0 Å².